The van der Waals surface area contributed by atoms with E-state index in [2.05, 4.69) is 31.4 Å². The third-order valence-corrected chi connectivity index (χ3v) is 2.79. The lowest BCUT2D eigenvalue weighted by Gasteiger charge is -2.30. The van der Waals surface area contributed by atoms with Crippen molar-refractivity contribution in [2.24, 2.45) is 0 Å². The second kappa shape index (κ2) is 5.61. The first-order chi connectivity index (χ1) is 6.22. The van der Waals surface area contributed by atoms with Gasteiger partial charge in [-0.3, -0.25) is 0 Å². The highest BCUT2D eigenvalue weighted by Gasteiger charge is 2.20. The number of hydrogen-bond acceptors (Lipinski definition) is 2. The van der Waals surface area contributed by atoms with E-state index in [0.29, 0.717) is 6.04 Å². The molecule has 0 aromatic heterocycles. The summed E-state index contributed by atoms with van der Waals surface area (Å²) in [5, 5.41) is 7.15. The van der Waals surface area contributed by atoms with Crippen molar-refractivity contribution in [3.05, 3.63) is 0 Å². The zero-order chi connectivity index (χ0) is 9.68. The van der Waals surface area contributed by atoms with Gasteiger partial charge >= 0.3 is 0 Å². The third-order valence-electron chi connectivity index (χ3n) is 2.79. The Balaban J connectivity index is 2.15. The molecule has 1 saturated carbocycles. The topological polar surface area (TPSA) is 24.1 Å². The fourth-order valence-electron chi connectivity index (χ4n) is 2.22. The Morgan fingerprint density at radius 2 is 1.62 bits per heavy atom. The van der Waals surface area contributed by atoms with Gasteiger partial charge in [0.2, 0.25) is 0 Å². The lowest BCUT2D eigenvalue weighted by Crippen LogP contribution is -2.42. The molecular weight excluding hydrogens is 160 g/mol. The summed E-state index contributed by atoms with van der Waals surface area (Å²) in [7, 11) is 0. The molecule has 0 saturated heterocycles. The molecule has 1 fully saturated rings. The second-order valence-corrected chi connectivity index (χ2v) is 4.43. The average molecular weight is 184 g/mol. The van der Waals surface area contributed by atoms with Crippen LogP contribution in [0.1, 0.15) is 46.5 Å². The van der Waals surface area contributed by atoms with Gasteiger partial charge in [-0.25, -0.2) is 0 Å². The fourth-order valence-corrected chi connectivity index (χ4v) is 2.22. The van der Waals surface area contributed by atoms with Crippen molar-refractivity contribution in [3.8, 4) is 0 Å². The van der Waals surface area contributed by atoms with Crippen LogP contribution in [0.2, 0.25) is 0 Å². The molecule has 0 amide bonds. The zero-order valence-corrected chi connectivity index (χ0v) is 9.27. The SMILES string of the molecule is CCNC1CCC(NC(C)C)CC1. The molecule has 78 valence electrons. The van der Waals surface area contributed by atoms with Gasteiger partial charge < -0.3 is 10.6 Å². The Morgan fingerprint density at radius 3 is 2.08 bits per heavy atom. The smallest absolute Gasteiger partial charge is 0.00705 e. The quantitative estimate of drug-likeness (QED) is 0.697. The van der Waals surface area contributed by atoms with Gasteiger partial charge in [0.05, 0.1) is 0 Å². The Kier molecular flexibility index (Phi) is 4.74. The third kappa shape index (κ3) is 4.10. The van der Waals surface area contributed by atoms with E-state index in [-0.39, 0.29) is 0 Å². The molecule has 0 aliphatic heterocycles. The molecule has 0 radical (unpaired) electrons. The van der Waals surface area contributed by atoms with Crippen molar-refractivity contribution in [2.45, 2.75) is 64.6 Å². The summed E-state index contributed by atoms with van der Waals surface area (Å²) in [5.41, 5.74) is 0. The van der Waals surface area contributed by atoms with Gasteiger partial charge in [0.15, 0.2) is 0 Å². The Labute approximate surface area is 82.5 Å². The first-order valence-corrected chi connectivity index (χ1v) is 5.71. The summed E-state index contributed by atoms with van der Waals surface area (Å²) in [5.74, 6) is 0. The van der Waals surface area contributed by atoms with E-state index >= 15 is 0 Å². The number of nitrogens with one attached hydrogen (secondary N) is 2. The second-order valence-electron chi connectivity index (χ2n) is 4.43. The van der Waals surface area contributed by atoms with E-state index in [1.807, 2.05) is 0 Å². The van der Waals surface area contributed by atoms with E-state index in [9.17, 15) is 0 Å². The van der Waals surface area contributed by atoms with Crippen molar-refractivity contribution < 1.29 is 0 Å². The zero-order valence-electron chi connectivity index (χ0n) is 9.27. The Hall–Kier alpha value is -0.0800. The maximum absolute atomic E-state index is 3.62. The van der Waals surface area contributed by atoms with Crippen LogP contribution in [0, 0.1) is 0 Å². The molecule has 1 aliphatic carbocycles. The van der Waals surface area contributed by atoms with Crippen LogP contribution in [-0.4, -0.2) is 24.7 Å². The van der Waals surface area contributed by atoms with Crippen molar-refractivity contribution in [3.63, 3.8) is 0 Å². The molecule has 0 unspecified atom stereocenters. The van der Waals surface area contributed by atoms with Gasteiger partial charge in [-0.15, -0.1) is 0 Å². The van der Waals surface area contributed by atoms with Crippen LogP contribution in [0.5, 0.6) is 0 Å². The molecular formula is C11H24N2. The van der Waals surface area contributed by atoms with E-state index in [1.54, 1.807) is 0 Å². The van der Waals surface area contributed by atoms with Crippen LogP contribution in [0.15, 0.2) is 0 Å². The predicted octanol–water partition coefficient (Wildman–Crippen LogP) is 1.91. The summed E-state index contributed by atoms with van der Waals surface area (Å²) in [6, 6.07) is 2.20. The van der Waals surface area contributed by atoms with Crippen LogP contribution in [0.25, 0.3) is 0 Å². The van der Waals surface area contributed by atoms with Gasteiger partial charge in [-0.2, -0.15) is 0 Å². The van der Waals surface area contributed by atoms with Gasteiger partial charge in [-0.05, 0) is 32.2 Å². The first kappa shape index (κ1) is 11.0. The lowest BCUT2D eigenvalue weighted by molar-refractivity contribution is 0.299. The monoisotopic (exact) mass is 184 g/mol. The van der Waals surface area contributed by atoms with Crippen LogP contribution >= 0.6 is 0 Å². The highest BCUT2D eigenvalue weighted by molar-refractivity contribution is 4.81. The van der Waals surface area contributed by atoms with Crippen molar-refractivity contribution >= 4 is 0 Å². The maximum Gasteiger partial charge on any atom is 0.00705 e. The molecule has 0 atom stereocenters. The minimum Gasteiger partial charge on any atom is -0.314 e. The van der Waals surface area contributed by atoms with E-state index in [4.69, 9.17) is 0 Å². The van der Waals surface area contributed by atoms with E-state index < -0.39 is 0 Å². The normalized spacial score (nSPS) is 29.5. The van der Waals surface area contributed by atoms with Crippen molar-refractivity contribution in [1.29, 1.82) is 0 Å². The number of rotatable bonds is 4. The molecule has 2 heteroatoms. The molecule has 1 rings (SSSR count). The molecule has 13 heavy (non-hydrogen) atoms. The van der Waals surface area contributed by atoms with Crippen molar-refractivity contribution in [1.82, 2.24) is 10.6 Å². The molecule has 0 spiro atoms. The minimum absolute atomic E-state index is 0.640. The Bertz CT molecular complexity index is 126. The summed E-state index contributed by atoms with van der Waals surface area (Å²) >= 11 is 0. The first-order valence-electron chi connectivity index (χ1n) is 5.71. The summed E-state index contributed by atoms with van der Waals surface area (Å²) < 4.78 is 0. The summed E-state index contributed by atoms with van der Waals surface area (Å²) in [6.07, 6.45) is 5.38. The standard InChI is InChI=1S/C11H24N2/c1-4-12-10-5-7-11(8-6-10)13-9(2)3/h9-13H,4-8H2,1-3H3. The molecule has 0 bridgehead atoms. The molecule has 0 heterocycles. The molecule has 2 nitrogen and oxygen atoms in total. The van der Waals surface area contributed by atoms with Crippen LogP contribution in [-0.2, 0) is 0 Å². The average Bonchev–Trinajstić information content (AvgIpc) is 2.08. The van der Waals surface area contributed by atoms with Crippen LogP contribution in [0.3, 0.4) is 0 Å². The highest BCUT2D eigenvalue weighted by atomic mass is 15.0. The fraction of sp³-hybridized carbons (Fsp3) is 1.00. The lowest BCUT2D eigenvalue weighted by atomic mass is 9.91. The van der Waals surface area contributed by atoms with Gasteiger partial charge in [0.1, 0.15) is 0 Å². The number of hydrogen-bond donors (Lipinski definition) is 2. The van der Waals surface area contributed by atoms with Crippen LogP contribution in [0.4, 0.5) is 0 Å². The van der Waals surface area contributed by atoms with Gasteiger partial charge in [-0.1, -0.05) is 20.8 Å². The summed E-state index contributed by atoms with van der Waals surface area (Å²) in [4.78, 5) is 0. The van der Waals surface area contributed by atoms with E-state index in [1.165, 1.54) is 25.7 Å². The maximum atomic E-state index is 3.62. The Morgan fingerprint density at radius 1 is 1.08 bits per heavy atom. The molecule has 2 N–H and O–H groups in total. The van der Waals surface area contributed by atoms with Gasteiger partial charge in [0.25, 0.3) is 0 Å². The molecule has 0 aromatic rings. The largest absolute Gasteiger partial charge is 0.314 e. The minimum atomic E-state index is 0.640. The van der Waals surface area contributed by atoms with E-state index in [0.717, 1.165) is 18.6 Å². The van der Waals surface area contributed by atoms with Gasteiger partial charge in [0, 0.05) is 18.1 Å². The predicted molar refractivity (Wildman–Crippen MR) is 58.0 cm³/mol. The van der Waals surface area contributed by atoms with Crippen molar-refractivity contribution in [2.75, 3.05) is 6.54 Å². The summed E-state index contributed by atoms with van der Waals surface area (Å²) in [6.45, 7) is 7.78. The molecule has 1 aliphatic rings. The highest BCUT2D eigenvalue weighted by Crippen LogP contribution is 2.18. The molecule has 0 aromatic carbocycles. The van der Waals surface area contributed by atoms with Crippen LogP contribution < -0.4 is 10.6 Å².